The molecule has 2 aromatic rings. The maximum absolute atomic E-state index is 13.7. The molecule has 0 spiro atoms. The van der Waals surface area contributed by atoms with Crippen LogP contribution in [0.15, 0.2) is 42.5 Å². The summed E-state index contributed by atoms with van der Waals surface area (Å²) in [6.07, 6.45) is 0.682. The normalized spacial score (nSPS) is 14.0. The van der Waals surface area contributed by atoms with Crippen LogP contribution in [0.2, 0.25) is 0 Å². The molecule has 2 rings (SSSR count). The van der Waals surface area contributed by atoms with E-state index in [1.54, 1.807) is 25.1 Å². The van der Waals surface area contributed by atoms with Gasteiger partial charge in [-0.05, 0) is 44.0 Å². The fourth-order valence-corrected chi connectivity index (χ4v) is 2.40. The van der Waals surface area contributed by atoms with Gasteiger partial charge in [-0.25, -0.2) is 13.2 Å². The van der Waals surface area contributed by atoms with Crippen LogP contribution in [0.4, 0.5) is 13.2 Å². The summed E-state index contributed by atoms with van der Waals surface area (Å²) in [6, 6.07) is 10.2. The van der Waals surface area contributed by atoms with Crippen molar-refractivity contribution in [2.45, 2.75) is 32.4 Å². The fourth-order valence-electron chi connectivity index (χ4n) is 2.40. The number of hydrogen-bond donors (Lipinski definition) is 1. The van der Waals surface area contributed by atoms with Crippen molar-refractivity contribution in [1.29, 1.82) is 0 Å². The first-order valence-electron chi connectivity index (χ1n) is 6.91. The van der Waals surface area contributed by atoms with Gasteiger partial charge in [-0.3, -0.25) is 0 Å². The van der Waals surface area contributed by atoms with E-state index in [-0.39, 0.29) is 17.9 Å². The minimum Gasteiger partial charge on any atom is -0.307 e. The van der Waals surface area contributed by atoms with E-state index in [2.05, 4.69) is 5.32 Å². The highest BCUT2D eigenvalue weighted by Crippen LogP contribution is 2.20. The average molecular weight is 293 g/mol. The molecule has 0 saturated carbocycles. The van der Waals surface area contributed by atoms with Gasteiger partial charge in [-0.2, -0.15) is 0 Å². The number of nitrogens with one attached hydrogen (secondary N) is 1. The Bertz CT molecular complexity index is 595. The van der Waals surface area contributed by atoms with Gasteiger partial charge >= 0.3 is 0 Å². The zero-order valence-electron chi connectivity index (χ0n) is 12.0. The lowest BCUT2D eigenvalue weighted by Crippen LogP contribution is -2.31. The van der Waals surface area contributed by atoms with Crippen molar-refractivity contribution in [3.05, 3.63) is 71.0 Å². The SMILES string of the molecule is CC(Cc1ccc(F)cc1)NC(C)c1cccc(F)c1F. The number of halogens is 3. The Morgan fingerprint density at radius 1 is 0.952 bits per heavy atom. The summed E-state index contributed by atoms with van der Waals surface area (Å²) >= 11 is 0. The summed E-state index contributed by atoms with van der Waals surface area (Å²) in [6.45, 7) is 3.75. The van der Waals surface area contributed by atoms with E-state index in [1.165, 1.54) is 18.2 Å². The molecule has 21 heavy (non-hydrogen) atoms. The zero-order chi connectivity index (χ0) is 15.4. The second-order valence-electron chi connectivity index (χ2n) is 5.26. The fraction of sp³-hybridized carbons (Fsp3) is 0.294. The smallest absolute Gasteiger partial charge is 0.163 e. The highest BCUT2D eigenvalue weighted by molar-refractivity contribution is 5.22. The molecular formula is C17H18F3N. The Kier molecular flexibility index (Phi) is 5.02. The summed E-state index contributed by atoms with van der Waals surface area (Å²) in [5, 5.41) is 3.23. The third-order valence-corrected chi connectivity index (χ3v) is 3.44. The molecule has 1 nitrogen and oxygen atoms in total. The van der Waals surface area contributed by atoms with Gasteiger partial charge in [-0.15, -0.1) is 0 Å². The van der Waals surface area contributed by atoms with Crippen molar-refractivity contribution in [3.63, 3.8) is 0 Å². The minimum absolute atomic E-state index is 0.0492. The first-order valence-corrected chi connectivity index (χ1v) is 6.91. The van der Waals surface area contributed by atoms with Gasteiger partial charge in [0, 0.05) is 17.6 Å². The molecule has 0 saturated heterocycles. The maximum Gasteiger partial charge on any atom is 0.163 e. The Morgan fingerprint density at radius 3 is 2.29 bits per heavy atom. The van der Waals surface area contributed by atoms with Gasteiger partial charge in [0.15, 0.2) is 11.6 Å². The van der Waals surface area contributed by atoms with E-state index < -0.39 is 11.6 Å². The maximum atomic E-state index is 13.7. The van der Waals surface area contributed by atoms with Crippen molar-refractivity contribution in [2.24, 2.45) is 0 Å². The lowest BCUT2D eigenvalue weighted by atomic mass is 10.0. The van der Waals surface area contributed by atoms with Crippen LogP contribution in [-0.2, 0) is 6.42 Å². The molecular weight excluding hydrogens is 275 g/mol. The highest BCUT2D eigenvalue weighted by Gasteiger charge is 2.16. The summed E-state index contributed by atoms with van der Waals surface area (Å²) in [4.78, 5) is 0. The monoisotopic (exact) mass is 293 g/mol. The average Bonchev–Trinajstić information content (AvgIpc) is 2.44. The summed E-state index contributed by atoms with van der Waals surface area (Å²) < 4.78 is 39.8. The molecule has 2 atom stereocenters. The minimum atomic E-state index is -0.840. The summed E-state index contributed by atoms with van der Waals surface area (Å²) in [5.74, 6) is -1.92. The molecule has 0 amide bonds. The molecule has 0 heterocycles. The van der Waals surface area contributed by atoms with E-state index in [4.69, 9.17) is 0 Å². The predicted molar refractivity (Wildman–Crippen MR) is 77.5 cm³/mol. The first-order chi connectivity index (χ1) is 9.97. The molecule has 0 fully saturated rings. The Labute approximate surface area is 122 Å². The van der Waals surface area contributed by atoms with Gasteiger partial charge in [0.2, 0.25) is 0 Å². The topological polar surface area (TPSA) is 12.0 Å². The zero-order valence-corrected chi connectivity index (χ0v) is 12.0. The van der Waals surface area contributed by atoms with Crippen molar-refractivity contribution >= 4 is 0 Å². The van der Waals surface area contributed by atoms with Crippen molar-refractivity contribution in [2.75, 3.05) is 0 Å². The van der Waals surface area contributed by atoms with Crippen LogP contribution >= 0.6 is 0 Å². The molecule has 0 aliphatic heterocycles. The molecule has 2 unspecified atom stereocenters. The van der Waals surface area contributed by atoms with Gasteiger partial charge in [0.05, 0.1) is 0 Å². The van der Waals surface area contributed by atoms with Crippen molar-refractivity contribution < 1.29 is 13.2 Å². The Morgan fingerprint density at radius 2 is 1.62 bits per heavy atom. The van der Waals surface area contributed by atoms with E-state index >= 15 is 0 Å². The largest absolute Gasteiger partial charge is 0.307 e. The van der Waals surface area contributed by atoms with Gasteiger partial charge in [0.25, 0.3) is 0 Å². The molecule has 2 aromatic carbocycles. The van der Waals surface area contributed by atoms with Crippen LogP contribution in [0.25, 0.3) is 0 Å². The highest BCUT2D eigenvalue weighted by atomic mass is 19.2. The van der Waals surface area contributed by atoms with Crippen molar-refractivity contribution in [3.8, 4) is 0 Å². The van der Waals surface area contributed by atoms with Crippen LogP contribution in [0.1, 0.15) is 31.0 Å². The summed E-state index contributed by atoms with van der Waals surface area (Å²) in [5.41, 5.74) is 1.30. The third kappa shape index (κ3) is 4.08. The van der Waals surface area contributed by atoms with Crippen LogP contribution in [0, 0.1) is 17.5 Å². The van der Waals surface area contributed by atoms with Gasteiger partial charge in [0.1, 0.15) is 5.82 Å². The van der Waals surface area contributed by atoms with Crippen LogP contribution < -0.4 is 5.32 Å². The second kappa shape index (κ2) is 6.76. The molecule has 0 radical (unpaired) electrons. The molecule has 0 aliphatic carbocycles. The molecule has 0 bridgehead atoms. The molecule has 0 aromatic heterocycles. The predicted octanol–water partition coefficient (Wildman–Crippen LogP) is 4.39. The van der Waals surface area contributed by atoms with E-state index in [0.29, 0.717) is 12.0 Å². The van der Waals surface area contributed by atoms with Crippen molar-refractivity contribution in [1.82, 2.24) is 5.32 Å². The number of benzene rings is 2. The molecule has 1 N–H and O–H groups in total. The number of rotatable bonds is 5. The third-order valence-electron chi connectivity index (χ3n) is 3.44. The molecule has 0 aliphatic rings. The summed E-state index contributed by atoms with van der Waals surface area (Å²) in [7, 11) is 0. The Hall–Kier alpha value is -1.81. The van der Waals surface area contributed by atoms with Gasteiger partial charge in [-0.1, -0.05) is 24.3 Å². The molecule has 112 valence electrons. The lowest BCUT2D eigenvalue weighted by Gasteiger charge is -2.21. The van der Waals surface area contributed by atoms with Gasteiger partial charge < -0.3 is 5.32 Å². The Balaban J connectivity index is 2.00. The van der Waals surface area contributed by atoms with E-state index in [9.17, 15) is 13.2 Å². The lowest BCUT2D eigenvalue weighted by molar-refractivity contribution is 0.441. The standard InChI is InChI=1S/C17H18F3N/c1-11(10-13-6-8-14(18)9-7-13)21-12(2)15-4-3-5-16(19)17(15)20/h3-9,11-12,21H,10H2,1-2H3. The van der Waals surface area contributed by atoms with E-state index in [0.717, 1.165) is 11.6 Å². The molecule has 4 heteroatoms. The first kappa shape index (κ1) is 15.6. The van der Waals surface area contributed by atoms with E-state index in [1.807, 2.05) is 6.92 Å². The van der Waals surface area contributed by atoms with Crippen LogP contribution in [-0.4, -0.2) is 6.04 Å². The van der Waals surface area contributed by atoms with Crippen LogP contribution in [0.3, 0.4) is 0 Å². The quantitative estimate of drug-likeness (QED) is 0.862. The van der Waals surface area contributed by atoms with Crippen LogP contribution in [0.5, 0.6) is 0 Å². The second-order valence-corrected chi connectivity index (χ2v) is 5.26. The number of hydrogen-bond acceptors (Lipinski definition) is 1.